The number of benzene rings is 2. The lowest BCUT2D eigenvalue weighted by molar-refractivity contribution is 0.0858. The summed E-state index contributed by atoms with van der Waals surface area (Å²) in [4.78, 5) is 24.8. The maximum absolute atomic E-state index is 13.1. The Morgan fingerprint density at radius 1 is 1.25 bits per heavy atom. The molecular weight excluding hydrogens is 450 g/mol. The highest BCUT2D eigenvalue weighted by Crippen LogP contribution is 2.26. The van der Waals surface area contributed by atoms with Crippen molar-refractivity contribution in [2.24, 2.45) is 0 Å². The molecule has 32 heavy (non-hydrogen) atoms. The van der Waals surface area contributed by atoms with Gasteiger partial charge in [0.05, 0.1) is 32.5 Å². The van der Waals surface area contributed by atoms with Gasteiger partial charge in [0.15, 0.2) is 0 Å². The first-order valence-corrected chi connectivity index (χ1v) is 12.7. The number of amides is 1. The number of aromatic nitrogens is 1. The molecule has 1 amide bonds. The molecule has 2 N–H and O–H groups in total. The van der Waals surface area contributed by atoms with Gasteiger partial charge in [-0.1, -0.05) is 23.5 Å². The quantitative estimate of drug-likeness (QED) is 0.545. The summed E-state index contributed by atoms with van der Waals surface area (Å²) in [5, 5.41) is 2.82. The normalized spacial score (nSPS) is 16.5. The molecule has 4 rings (SSSR count). The summed E-state index contributed by atoms with van der Waals surface area (Å²) in [6, 6.07) is 11.0. The number of nitrogens with one attached hydrogen (secondary N) is 2. The summed E-state index contributed by atoms with van der Waals surface area (Å²) >= 11 is 1.01. The summed E-state index contributed by atoms with van der Waals surface area (Å²) in [5.74, 6) is -0.374. The van der Waals surface area contributed by atoms with Gasteiger partial charge in [0, 0.05) is 19.2 Å². The minimum Gasteiger partial charge on any atom is -0.376 e. The Balaban J connectivity index is 1.58. The van der Waals surface area contributed by atoms with Crippen LogP contribution in [-0.2, 0) is 14.8 Å². The maximum Gasteiger partial charge on any atom is 0.308 e. The van der Waals surface area contributed by atoms with Crippen LogP contribution >= 0.6 is 11.3 Å². The Bertz CT molecular complexity index is 1300. The number of thiazole rings is 1. The van der Waals surface area contributed by atoms with Crippen LogP contribution < -0.4 is 14.9 Å². The lowest BCUT2D eigenvalue weighted by Gasteiger charge is -2.14. The first-order valence-electron chi connectivity index (χ1n) is 10.4. The number of para-hydroxylation sites is 1. The predicted molar refractivity (Wildman–Crippen MR) is 125 cm³/mol. The van der Waals surface area contributed by atoms with Gasteiger partial charge in [-0.15, -0.1) is 0 Å². The zero-order valence-electron chi connectivity index (χ0n) is 17.8. The number of hydrogen-bond donors (Lipinski definition) is 2. The molecule has 1 aliphatic rings. The number of sulfonamides is 1. The van der Waals surface area contributed by atoms with Gasteiger partial charge >= 0.3 is 4.87 Å². The number of carbonyl (C=O) groups excluding carboxylic acids is 1. The van der Waals surface area contributed by atoms with Crippen LogP contribution in [0.15, 0.2) is 52.2 Å². The van der Waals surface area contributed by atoms with E-state index in [1.807, 2.05) is 13.8 Å². The second-order valence-electron chi connectivity index (χ2n) is 7.96. The molecule has 3 aromatic rings. The fraction of sp³-hybridized carbons (Fsp3) is 0.364. The highest BCUT2D eigenvalue weighted by molar-refractivity contribution is 7.92. The molecule has 1 unspecified atom stereocenters. The molecule has 0 bridgehead atoms. The lowest BCUT2D eigenvalue weighted by atomic mass is 10.1. The van der Waals surface area contributed by atoms with Crippen LogP contribution in [0.5, 0.6) is 0 Å². The van der Waals surface area contributed by atoms with Crippen molar-refractivity contribution in [3.05, 3.63) is 57.7 Å². The fourth-order valence-corrected chi connectivity index (χ4v) is 5.99. The number of rotatable bonds is 7. The molecule has 0 radical (unpaired) electrons. The monoisotopic (exact) mass is 475 g/mol. The molecule has 10 heteroatoms. The van der Waals surface area contributed by atoms with Gasteiger partial charge in [0.1, 0.15) is 0 Å². The summed E-state index contributed by atoms with van der Waals surface area (Å²) in [5.41, 5.74) is 1.11. The third-order valence-corrected chi connectivity index (χ3v) is 7.62. The van der Waals surface area contributed by atoms with Crippen LogP contribution in [0, 0.1) is 0 Å². The van der Waals surface area contributed by atoms with Crippen LogP contribution in [0.1, 0.15) is 43.1 Å². The van der Waals surface area contributed by atoms with E-state index in [0.717, 1.165) is 24.2 Å². The molecular formula is C22H25N3O5S2. The lowest BCUT2D eigenvalue weighted by Crippen LogP contribution is -2.32. The summed E-state index contributed by atoms with van der Waals surface area (Å²) < 4.78 is 36.4. The van der Waals surface area contributed by atoms with Crippen molar-refractivity contribution in [2.45, 2.75) is 43.7 Å². The SMILES string of the molecule is CC(C)n1c(=O)sc2cc(S(=O)(=O)Nc3ccccc3C(=O)NCC3CCCO3)ccc21. The van der Waals surface area contributed by atoms with Crippen molar-refractivity contribution >= 4 is 43.2 Å². The van der Waals surface area contributed by atoms with E-state index >= 15 is 0 Å². The molecule has 0 spiro atoms. The zero-order valence-corrected chi connectivity index (χ0v) is 19.5. The van der Waals surface area contributed by atoms with Crippen LogP contribution in [0.25, 0.3) is 10.2 Å². The third-order valence-electron chi connectivity index (χ3n) is 5.34. The topological polar surface area (TPSA) is 107 Å². The van der Waals surface area contributed by atoms with E-state index in [1.165, 1.54) is 12.1 Å². The Morgan fingerprint density at radius 3 is 2.75 bits per heavy atom. The van der Waals surface area contributed by atoms with Gasteiger partial charge in [0.25, 0.3) is 15.9 Å². The molecule has 0 aliphatic carbocycles. The molecule has 170 valence electrons. The molecule has 1 fully saturated rings. The number of carbonyl (C=O) groups is 1. The predicted octanol–water partition coefficient (Wildman–Crippen LogP) is 3.35. The average molecular weight is 476 g/mol. The minimum absolute atomic E-state index is 0.0140. The molecule has 2 heterocycles. The highest BCUT2D eigenvalue weighted by Gasteiger charge is 2.22. The first-order chi connectivity index (χ1) is 15.3. The summed E-state index contributed by atoms with van der Waals surface area (Å²) in [7, 11) is -3.97. The minimum atomic E-state index is -3.97. The maximum atomic E-state index is 13.1. The molecule has 1 saturated heterocycles. The van der Waals surface area contributed by atoms with Crippen molar-refractivity contribution < 1.29 is 17.9 Å². The van der Waals surface area contributed by atoms with Gasteiger partial charge in [-0.05, 0) is 57.0 Å². The van der Waals surface area contributed by atoms with Crippen molar-refractivity contribution in [1.29, 1.82) is 0 Å². The van der Waals surface area contributed by atoms with Gasteiger partial charge < -0.3 is 10.1 Å². The van der Waals surface area contributed by atoms with Crippen molar-refractivity contribution in [3.63, 3.8) is 0 Å². The van der Waals surface area contributed by atoms with E-state index in [0.29, 0.717) is 23.4 Å². The van der Waals surface area contributed by atoms with Crippen LogP contribution in [0.4, 0.5) is 5.69 Å². The van der Waals surface area contributed by atoms with E-state index < -0.39 is 10.0 Å². The number of anilines is 1. The summed E-state index contributed by atoms with van der Waals surface area (Å²) in [6.45, 7) is 4.88. The van der Waals surface area contributed by atoms with Gasteiger partial charge in [-0.25, -0.2) is 8.42 Å². The fourth-order valence-electron chi connectivity index (χ4n) is 3.75. The van der Waals surface area contributed by atoms with Crippen LogP contribution in [-0.4, -0.2) is 38.1 Å². The first kappa shape index (κ1) is 22.5. The molecule has 1 aromatic heterocycles. The number of nitrogens with zero attached hydrogens (tertiary/aromatic N) is 1. The van der Waals surface area contributed by atoms with E-state index in [4.69, 9.17) is 4.74 Å². The van der Waals surface area contributed by atoms with Crippen molar-refractivity contribution in [3.8, 4) is 0 Å². The second kappa shape index (κ2) is 9.05. The highest BCUT2D eigenvalue weighted by atomic mass is 32.2. The summed E-state index contributed by atoms with van der Waals surface area (Å²) in [6.07, 6.45) is 1.85. The van der Waals surface area contributed by atoms with E-state index in [2.05, 4.69) is 10.0 Å². The second-order valence-corrected chi connectivity index (χ2v) is 10.6. The Hall–Kier alpha value is -2.69. The largest absolute Gasteiger partial charge is 0.376 e. The van der Waals surface area contributed by atoms with E-state index in [1.54, 1.807) is 34.9 Å². The molecule has 0 saturated carbocycles. The number of fused-ring (bicyclic) bond motifs is 1. The molecule has 1 atom stereocenters. The van der Waals surface area contributed by atoms with Crippen LogP contribution in [0.3, 0.4) is 0 Å². The van der Waals surface area contributed by atoms with E-state index in [-0.39, 0.29) is 39.1 Å². The van der Waals surface area contributed by atoms with Gasteiger partial charge in [-0.2, -0.15) is 0 Å². The van der Waals surface area contributed by atoms with Gasteiger partial charge in [-0.3, -0.25) is 18.9 Å². The zero-order chi connectivity index (χ0) is 22.9. The van der Waals surface area contributed by atoms with Crippen LogP contribution in [0.2, 0.25) is 0 Å². The number of hydrogen-bond acceptors (Lipinski definition) is 6. The standard InChI is InChI=1S/C22H25N3O5S2/c1-14(2)25-19-10-9-16(12-20(19)31-22(25)27)32(28,29)24-18-8-4-3-7-17(18)21(26)23-13-15-6-5-11-30-15/h3-4,7-10,12,14-15,24H,5-6,11,13H2,1-2H3,(H,23,26). The van der Waals surface area contributed by atoms with Crippen molar-refractivity contribution in [1.82, 2.24) is 9.88 Å². The van der Waals surface area contributed by atoms with E-state index in [9.17, 15) is 18.0 Å². The average Bonchev–Trinajstić information content (AvgIpc) is 3.38. The smallest absolute Gasteiger partial charge is 0.308 e. The Labute approximate surface area is 190 Å². The Morgan fingerprint density at radius 2 is 2.03 bits per heavy atom. The third kappa shape index (κ3) is 4.57. The van der Waals surface area contributed by atoms with Gasteiger partial charge in [0.2, 0.25) is 0 Å². The number of ether oxygens (including phenoxy) is 1. The molecule has 1 aliphatic heterocycles. The molecule has 2 aromatic carbocycles. The molecule has 8 nitrogen and oxygen atoms in total. The van der Waals surface area contributed by atoms with Crippen molar-refractivity contribution in [2.75, 3.05) is 17.9 Å². The Kier molecular flexibility index (Phi) is 6.36.